The first-order valence-electron chi connectivity index (χ1n) is 11.4. The molecule has 1 unspecified atom stereocenters. The highest BCUT2D eigenvalue weighted by molar-refractivity contribution is 5.85. The summed E-state index contributed by atoms with van der Waals surface area (Å²) in [6.45, 7) is 0.147. The maximum absolute atomic E-state index is 12.6. The van der Waals surface area contributed by atoms with Gasteiger partial charge in [0, 0.05) is 18.3 Å². The predicted molar refractivity (Wildman–Crippen MR) is 124 cm³/mol. The smallest absolute Gasteiger partial charge is 0.407 e. The van der Waals surface area contributed by atoms with Crippen LogP contribution in [0.4, 0.5) is 13.6 Å². The number of benzene rings is 2. The Morgan fingerprint density at radius 2 is 1.66 bits per heavy atom. The van der Waals surface area contributed by atoms with Crippen LogP contribution in [0, 0.1) is 5.92 Å². The standard InChI is InChI=1S/C26H26F2N2O5/c27-23(28)13-22(25(32)33)30-24(31)15-6-5-7-16(12-15)29-26(34)35-14-21-19-10-3-1-8-17(19)18-9-2-4-11-20(18)21/h1-5,7-11,15-16,21-23H,6,12-14H2,(H,29,34)(H,30,31)(H,32,33)/t15-,16-,22?/m1/s1. The van der Waals surface area contributed by atoms with Crippen molar-refractivity contribution in [1.29, 1.82) is 0 Å². The van der Waals surface area contributed by atoms with E-state index in [1.165, 1.54) is 0 Å². The normalized spacial score (nSPS) is 19.5. The van der Waals surface area contributed by atoms with Gasteiger partial charge >= 0.3 is 12.1 Å². The Morgan fingerprint density at radius 1 is 1.03 bits per heavy atom. The molecule has 3 N–H and O–H groups in total. The van der Waals surface area contributed by atoms with Crippen LogP contribution in [0.5, 0.6) is 0 Å². The lowest BCUT2D eigenvalue weighted by Gasteiger charge is -2.26. The number of carboxylic acid groups (broad SMARTS) is 1. The maximum atomic E-state index is 12.6. The Labute approximate surface area is 201 Å². The monoisotopic (exact) mass is 484 g/mol. The maximum Gasteiger partial charge on any atom is 0.407 e. The fourth-order valence-electron chi connectivity index (χ4n) is 4.69. The van der Waals surface area contributed by atoms with Crippen molar-refractivity contribution in [3.05, 3.63) is 71.8 Å². The summed E-state index contributed by atoms with van der Waals surface area (Å²) in [5.41, 5.74) is 4.42. The third-order valence-electron chi connectivity index (χ3n) is 6.37. The molecule has 0 aromatic heterocycles. The molecule has 2 aliphatic carbocycles. The van der Waals surface area contributed by atoms with Crippen LogP contribution >= 0.6 is 0 Å². The summed E-state index contributed by atoms with van der Waals surface area (Å²) in [6, 6.07) is 13.8. The summed E-state index contributed by atoms with van der Waals surface area (Å²) in [7, 11) is 0. The van der Waals surface area contributed by atoms with Crippen molar-refractivity contribution in [3.8, 4) is 11.1 Å². The molecular formula is C26H26F2N2O5. The molecule has 2 aromatic carbocycles. The summed E-state index contributed by atoms with van der Waals surface area (Å²) >= 11 is 0. The molecule has 35 heavy (non-hydrogen) atoms. The van der Waals surface area contributed by atoms with E-state index in [4.69, 9.17) is 9.84 Å². The van der Waals surface area contributed by atoms with Gasteiger partial charge in [-0.2, -0.15) is 0 Å². The zero-order valence-electron chi connectivity index (χ0n) is 18.8. The molecule has 0 aliphatic heterocycles. The quantitative estimate of drug-likeness (QED) is 0.490. The molecule has 3 atom stereocenters. The van der Waals surface area contributed by atoms with Crippen molar-refractivity contribution in [3.63, 3.8) is 0 Å². The van der Waals surface area contributed by atoms with Gasteiger partial charge in [-0.1, -0.05) is 60.7 Å². The van der Waals surface area contributed by atoms with Gasteiger partial charge in [-0.3, -0.25) is 4.79 Å². The predicted octanol–water partition coefficient (Wildman–Crippen LogP) is 4.08. The van der Waals surface area contributed by atoms with Crippen LogP contribution in [-0.4, -0.2) is 48.2 Å². The molecule has 0 radical (unpaired) electrons. The molecule has 7 nitrogen and oxygen atoms in total. The van der Waals surface area contributed by atoms with Gasteiger partial charge in [0.1, 0.15) is 12.6 Å². The Hall–Kier alpha value is -3.75. The van der Waals surface area contributed by atoms with Gasteiger partial charge in [-0.15, -0.1) is 0 Å². The number of hydrogen-bond acceptors (Lipinski definition) is 4. The highest BCUT2D eigenvalue weighted by Crippen LogP contribution is 2.44. The van der Waals surface area contributed by atoms with Crippen molar-refractivity contribution in [2.24, 2.45) is 5.92 Å². The number of nitrogens with one attached hydrogen (secondary N) is 2. The molecule has 2 amide bonds. The molecule has 2 aliphatic rings. The highest BCUT2D eigenvalue weighted by Gasteiger charge is 2.32. The van der Waals surface area contributed by atoms with Crippen LogP contribution in [0.1, 0.15) is 36.3 Å². The van der Waals surface area contributed by atoms with Crippen LogP contribution in [0.25, 0.3) is 11.1 Å². The lowest BCUT2D eigenvalue weighted by atomic mass is 9.90. The van der Waals surface area contributed by atoms with Gasteiger partial charge in [0.05, 0.1) is 6.04 Å². The van der Waals surface area contributed by atoms with E-state index in [-0.39, 0.29) is 18.9 Å². The lowest BCUT2D eigenvalue weighted by Crippen LogP contribution is -2.47. The first-order valence-corrected chi connectivity index (χ1v) is 11.4. The summed E-state index contributed by atoms with van der Waals surface area (Å²) in [5, 5.41) is 14.0. The summed E-state index contributed by atoms with van der Waals surface area (Å²) in [6.07, 6.45) is -0.507. The second kappa shape index (κ2) is 10.7. The topological polar surface area (TPSA) is 105 Å². The van der Waals surface area contributed by atoms with Crippen LogP contribution in [0.2, 0.25) is 0 Å². The minimum Gasteiger partial charge on any atom is -0.480 e. The van der Waals surface area contributed by atoms with E-state index >= 15 is 0 Å². The van der Waals surface area contributed by atoms with Crippen molar-refractivity contribution >= 4 is 18.0 Å². The summed E-state index contributed by atoms with van der Waals surface area (Å²) < 4.78 is 30.7. The van der Waals surface area contributed by atoms with E-state index in [9.17, 15) is 23.2 Å². The van der Waals surface area contributed by atoms with Crippen LogP contribution in [-0.2, 0) is 14.3 Å². The molecule has 4 rings (SSSR count). The van der Waals surface area contributed by atoms with E-state index in [0.717, 1.165) is 22.3 Å². The molecule has 0 spiro atoms. The number of carbonyl (C=O) groups is 3. The minimum atomic E-state index is -2.86. The number of aliphatic carboxylic acids is 1. The Kier molecular flexibility index (Phi) is 7.43. The third-order valence-corrected chi connectivity index (χ3v) is 6.37. The van der Waals surface area contributed by atoms with Crippen molar-refractivity contribution in [2.75, 3.05) is 6.61 Å². The SMILES string of the molecule is O=C(N[C@@H]1C=CC[C@@H](C(=O)NC(CC(F)F)C(=O)O)C1)OCC1c2ccccc2-c2ccccc21. The summed E-state index contributed by atoms with van der Waals surface area (Å²) in [5.74, 6) is -2.89. The van der Waals surface area contributed by atoms with Crippen LogP contribution < -0.4 is 10.6 Å². The second-order valence-electron chi connectivity index (χ2n) is 8.70. The van der Waals surface area contributed by atoms with Gasteiger partial charge in [-0.25, -0.2) is 18.4 Å². The fraction of sp³-hybridized carbons (Fsp3) is 0.346. The Bertz CT molecular complexity index is 1090. The van der Waals surface area contributed by atoms with Crippen LogP contribution in [0.3, 0.4) is 0 Å². The van der Waals surface area contributed by atoms with E-state index in [0.29, 0.717) is 6.42 Å². The number of fused-ring (bicyclic) bond motifs is 3. The Balaban J connectivity index is 1.32. The van der Waals surface area contributed by atoms with Gasteiger partial charge < -0.3 is 20.5 Å². The molecular weight excluding hydrogens is 458 g/mol. The molecule has 9 heteroatoms. The second-order valence-corrected chi connectivity index (χ2v) is 8.70. The Morgan fingerprint density at radius 3 is 2.26 bits per heavy atom. The number of allylic oxidation sites excluding steroid dienone is 1. The third kappa shape index (κ3) is 5.67. The zero-order valence-corrected chi connectivity index (χ0v) is 18.8. The number of rotatable bonds is 8. The average Bonchev–Trinajstić information content (AvgIpc) is 3.16. The first-order chi connectivity index (χ1) is 16.8. The number of halogens is 2. The van der Waals surface area contributed by atoms with E-state index in [2.05, 4.69) is 10.6 Å². The highest BCUT2D eigenvalue weighted by atomic mass is 19.3. The minimum absolute atomic E-state index is 0.0867. The number of carbonyl (C=O) groups excluding carboxylic acids is 2. The van der Waals surface area contributed by atoms with E-state index < -0.39 is 48.8 Å². The number of amides is 2. The van der Waals surface area contributed by atoms with Gasteiger partial charge in [0.15, 0.2) is 0 Å². The van der Waals surface area contributed by atoms with Crippen molar-refractivity contribution < 1.29 is 33.0 Å². The molecule has 0 saturated carbocycles. The van der Waals surface area contributed by atoms with Gasteiger partial charge in [0.25, 0.3) is 0 Å². The molecule has 2 aromatic rings. The molecule has 0 heterocycles. The first kappa shape index (κ1) is 24.4. The van der Waals surface area contributed by atoms with Crippen LogP contribution in [0.15, 0.2) is 60.7 Å². The number of alkyl halides is 2. The molecule has 0 fully saturated rings. The van der Waals surface area contributed by atoms with Gasteiger partial charge in [-0.05, 0) is 35.1 Å². The number of carboxylic acids is 1. The van der Waals surface area contributed by atoms with Gasteiger partial charge in [0.2, 0.25) is 12.3 Å². The zero-order chi connectivity index (χ0) is 24.9. The number of ether oxygens (including phenoxy) is 1. The van der Waals surface area contributed by atoms with Crippen molar-refractivity contribution in [1.82, 2.24) is 10.6 Å². The van der Waals surface area contributed by atoms with E-state index in [1.54, 1.807) is 12.2 Å². The molecule has 184 valence electrons. The average molecular weight is 484 g/mol. The van der Waals surface area contributed by atoms with E-state index in [1.807, 2.05) is 48.5 Å². The largest absolute Gasteiger partial charge is 0.480 e. The molecule has 0 saturated heterocycles. The molecule has 0 bridgehead atoms. The van der Waals surface area contributed by atoms with Crippen molar-refractivity contribution in [2.45, 2.75) is 43.7 Å². The summed E-state index contributed by atoms with van der Waals surface area (Å²) in [4.78, 5) is 36.2. The number of alkyl carbamates (subject to hydrolysis) is 1. The lowest BCUT2D eigenvalue weighted by molar-refractivity contribution is -0.143. The fourth-order valence-corrected chi connectivity index (χ4v) is 4.69. The number of hydrogen-bond donors (Lipinski definition) is 3.